The number of anilines is 1. The molecule has 102 valence electrons. The molecule has 0 aliphatic heterocycles. The number of amides is 1. The van der Waals surface area contributed by atoms with Gasteiger partial charge in [-0.25, -0.2) is 0 Å². The minimum Gasteiger partial charge on any atom is -0.382 e. The molecule has 1 aromatic heterocycles. The molecule has 0 aromatic carbocycles. The summed E-state index contributed by atoms with van der Waals surface area (Å²) >= 11 is 0. The first-order valence-electron chi connectivity index (χ1n) is 6.19. The molecule has 18 heavy (non-hydrogen) atoms. The third-order valence-corrected chi connectivity index (χ3v) is 2.62. The van der Waals surface area contributed by atoms with E-state index in [-0.39, 0.29) is 18.5 Å². The Morgan fingerprint density at radius 1 is 1.61 bits per heavy atom. The largest absolute Gasteiger partial charge is 0.382 e. The standard InChI is InChI=1S/C12H22N4O2/c1-4-18-8-10(9(2)3)14-12(17)7-16-6-5-11(13)15-16/h5-6,9-10H,4,7-8H2,1-3H3,(H2,13,15)(H,14,17). The lowest BCUT2D eigenvalue weighted by molar-refractivity contribution is -0.123. The molecular weight excluding hydrogens is 232 g/mol. The van der Waals surface area contributed by atoms with Gasteiger partial charge in [0.1, 0.15) is 12.4 Å². The number of carbonyl (C=O) groups excluding carboxylic acids is 1. The van der Waals surface area contributed by atoms with Crippen LogP contribution < -0.4 is 11.1 Å². The topological polar surface area (TPSA) is 82.2 Å². The van der Waals surface area contributed by atoms with Crippen LogP contribution in [0.5, 0.6) is 0 Å². The maximum atomic E-state index is 11.8. The van der Waals surface area contributed by atoms with Crippen LogP contribution in [0.2, 0.25) is 0 Å². The lowest BCUT2D eigenvalue weighted by Crippen LogP contribution is -2.43. The van der Waals surface area contributed by atoms with Crippen molar-refractivity contribution in [3.63, 3.8) is 0 Å². The van der Waals surface area contributed by atoms with Crippen LogP contribution in [0.3, 0.4) is 0 Å². The van der Waals surface area contributed by atoms with Crippen molar-refractivity contribution in [1.29, 1.82) is 0 Å². The predicted octanol–water partition coefficient (Wildman–Crippen LogP) is 0.643. The number of nitrogens with one attached hydrogen (secondary N) is 1. The fourth-order valence-corrected chi connectivity index (χ4v) is 1.51. The van der Waals surface area contributed by atoms with Gasteiger partial charge in [-0.05, 0) is 18.9 Å². The third-order valence-electron chi connectivity index (χ3n) is 2.62. The summed E-state index contributed by atoms with van der Waals surface area (Å²) in [6.07, 6.45) is 1.68. The molecule has 6 heteroatoms. The van der Waals surface area contributed by atoms with E-state index in [4.69, 9.17) is 10.5 Å². The summed E-state index contributed by atoms with van der Waals surface area (Å²) in [5.74, 6) is 0.650. The van der Waals surface area contributed by atoms with Crippen molar-refractivity contribution in [2.45, 2.75) is 33.4 Å². The average molecular weight is 254 g/mol. The maximum absolute atomic E-state index is 11.8. The molecule has 1 rings (SSSR count). The van der Waals surface area contributed by atoms with Gasteiger partial charge in [0.2, 0.25) is 5.91 Å². The van der Waals surface area contributed by atoms with Crippen LogP contribution in [-0.4, -0.2) is 34.9 Å². The van der Waals surface area contributed by atoms with E-state index in [9.17, 15) is 4.79 Å². The number of nitrogens with two attached hydrogens (primary N) is 1. The Morgan fingerprint density at radius 3 is 2.83 bits per heavy atom. The minimum atomic E-state index is -0.0866. The molecule has 1 heterocycles. The summed E-state index contributed by atoms with van der Waals surface area (Å²) in [4.78, 5) is 11.8. The van der Waals surface area contributed by atoms with Gasteiger partial charge in [0.15, 0.2) is 0 Å². The molecule has 1 atom stereocenters. The lowest BCUT2D eigenvalue weighted by Gasteiger charge is -2.22. The summed E-state index contributed by atoms with van der Waals surface area (Å²) in [5.41, 5.74) is 5.49. The Kier molecular flexibility index (Phi) is 5.64. The number of hydrogen-bond acceptors (Lipinski definition) is 4. The number of ether oxygens (including phenoxy) is 1. The van der Waals surface area contributed by atoms with E-state index in [0.29, 0.717) is 24.9 Å². The lowest BCUT2D eigenvalue weighted by atomic mass is 10.1. The molecule has 1 aromatic rings. The van der Waals surface area contributed by atoms with E-state index in [1.54, 1.807) is 12.3 Å². The van der Waals surface area contributed by atoms with Gasteiger partial charge in [-0.3, -0.25) is 9.48 Å². The van der Waals surface area contributed by atoms with E-state index in [1.165, 1.54) is 4.68 Å². The first kappa shape index (κ1) is 14.5. The highest BCUT2D eigenvalue weighted by molar-refractivity contribution is 5.76. The molecule has 0 aliphatic rings. The monoisotopic (exact) mass is 254 g/mol. The molecule has 3 N–H and O–H groups in total. The number of aromatic nitrogens is 2. The SMILES string of the molecule is CCOCC(NC(=O)Cn1ccc(N)n1)C(C)C. The number of nitrogens with zero attached hydrogens (tertiary/aromatic N) is 2. The van der Waals surface area contributed by atoms with E-state index < -0.39 is 0 Å². The molecule has 6 nitrogen and oxygen atoms in total. The summed E-state index contributed by atoms with van der Waals surface area (Å²) < 4.78 is 6.87. The van der Waals surface area contributed by atoms with Crippen LogP contribution in [0.15, 0.2) is 12.3 Å². The molecule has 1 unspecified atom stereocenters. The van der Waals surface area contributed by atoms with Gasteiger partial charge < -0.3 is 15.8 Å². The first-order valence-corrected chi connectivity index (χ1v) is 6.19. The van der Waals surface area contributed by atoms with Crippen LogP contribution >= 0.6 is 0 Å². The summed E-state index contributed by atoms with van der Waals surface area (Å²) in [6, 6.07) is 1.68. The van der Waals surface area contributed by atoms with Gasteiger partial charge in [-0.1, -0.05) is 13.8 Å². The molecule has 1 amide bonds. The van der Waals surface area contributed by atoms with Gasteiger partial charge in [0, 0.05) is 12.8 Å². The molecule has 0 aliphatic carbocycles. The molecule has 0 bridgehead atoms. The third kappa shape index (κ3) is 4.75. The van der Waals surface area contributed by atoms with E-state index in [1.807, 2.05) is 6.92 Å². The van der Waals surface area contributed by atoms with Crippen molar-refractivity contribution in [1.82, 2.24) is 15.1 Å². The van der Waals surface area contributed by atoms with E-state index in [2.05, 4.69) is 24.3 Å². The Labute approximate surface area is 107 Å². The minimum absolute atomic E-state index is 0.0189. The smallest absolute Gasteiger partial charge is 0.242 e. The highest BCUT2D eigenvalue weighted by Crippen LogP contribution is 2.03. The molecular formula is C12H22N4O2. The average Bonchev–Trinajstić information content (AvgIpc) is 2.69. The molecule has 0 fully saturated rings. The molecule has 0 spiro atoms. The molecule has 0 saturated heterocycles. The summed E-state index contributed by atoms with van der Waals surface area (Å²) in [5, 5.41) is 6.91. The van der Waals surface area contributed by atoms with Crippen molar-refractivity contribution >= 4 is 11.7 Å². The fourth-order valence-electron chi connectivity index (χ4n) is 1.51. The number of nitrogen functional groups attached to an aromatic ring is 1. The quantitative estimate of drug-likeness (QED) is 0.748. The second kappa shape index (κ2) is 7.00. The highest BCUT2D eigenvalue weighted by Gasteiger charge is 2.16. The number of carbonyl (C=O) groups is 1. The van der Waals surface area contributed by atoms with Gasteiger partial charge >= 0.3 is 0 Å². The Hall–Kier alpha value is -1.56. The van der Waals surface area contributed by atoms with Crippen LogP contribution in [0.4, 0.5) is 5.82 Å². The van der Waals surface area contributed by atoms with Crippen molar-refractivity contribution in [3.05, 3.63) is 12.3 Å². The number of hydrogen-bond donors (Lipinski definition) is 2. The zero-order valence-corrected chi connectivity index (χ0v) is 11.2. The zero-order chi connectivity index (χ0) is 13.5. The van der Waals surface area contributed by atoms with Gasteiger partial charge in [-0.2, -0.15) is 5.10 Å². The van der Waals surface area contributed by atoms with Gasteiger partial charge in [0.05, 0.1) is 12.6 Å². The van der Waals surface area contributed by atoms with Gasteiger partial charge in [0.25, 0.3) is 0 Å². The second-order valence-electron chi connectivity index (χ2n) is 4.52. The van der Waals surface area contributed by atoms with E-state index >= 15 is 0 Å². The summed E-state index contributed by atoms with van der Waals surface area (Å²) in [6.45, 7) is 7.39. The number of rotatable bonds is 7. The fraction of sp³-hybridized carbons (Fsp3) is 0.667. The van der Waals surface area contributed by atoms with Gasteiger partial charge in [-0.15, -0.1) is 0 Å². The van der Waals surface area contributed by atoms with Crippen LogP contribution in [0.25, 0.3) is 0 Å². The highest BCUT2D eigenvalue weighted by atomic mass is 16.5. The Balaban J connectivity index is 2.45. The molecule has 0 saturated carbocycles. The normalized spacial score (nSPS) is 12.7. The van der Waals surface area contributed by atoms with E-state index in [0.717, 1.165) is 0 Å². The molecule has 0 radical (unpaired) electrons. The first-order chi connectivity index (χ1) is 8.52. The Morgan fingerprint density at radius 2 is 2.33 bits per heavy atom. The van der Waals surface area contributed by atoms with Crippen molar-refractivity contribution < 1.29 is 9.53 Å². The second-order valence-corrected chi connectivity index (χ2v) is 4.52. The predicted molar refractivity (Wildman–Crippen MR) is 69.9 cm³/mol. The van der Waals surface area contributed by atoms with Crippen LogP contribution in [0.1, 0.15) is 20.8 Å². The van der Waals surface area contributed by atoms with Crippen LogP contribution in [-0.2, 0) is 16.1 Å². The van der Waals surface area contributed by atoms with Crippen molar-refractivity contribution in [3.8, 4) is 0 Å². The van der Waals surface area contributed by atoms with Crippen molar-refractivity contribution in [2.24, 2.45) is 5.92 Å². The maximum Gasteiger partial charge on any atom is 0.242 e. The zero-order valence-electron chi connectivity index (χ0n) is 11.2. The van der Waals surface area contributed by atoms with Crippen molar-refractivity contribution in [2.75, 3.05) is 18.9 Å². The Bertz CT molecular complexity index is 376. The summed E-state index contributed by atoms with van der Waals surface area (Å²) in [7, 11) is 0. The van der Waals surface area contributed by atoms with Crippen LogP contribution in [0, 0.1) is 5.92 Å².